The molecule has 0 bridgehead atoms. The van der Waals surface area contributed by atoms with Crippen LogP contribution in [0.2, 0.25) is 0 Å². The lowest BCUT2D eigenvalue weighted by molar-refractivity contribution is 0.583. The number of nitrogens with zero attached hydrogens (tertiary/aromatic N) is 1. The second-order valence-electron chi connectivity index (χ2n) is 4.74. The Labute approximate surface area is 156 Å². The Morgan fingerprint density at radius 3 is 2.52 bits per heavy atom. The minimum Gasteiger partial charge on any atom is -0.356 e. The number of aliphatic imine (C=N–C) groups is 1. The van der Waals surface area contributed by atoms with E-state index in [0.29, 0.717) is 24.5 Å². The van der Waals surface area contributed by atoms with E-state index in [1.807, 2.05) is 6.07 Å². The first-order valence-corrected chi connectivity index (χ1v) is 7.98. The van der Waals surface area contributed by atoms with Crippen molar-refractivity contribution in [2.45, 2.75) is 12.8 Å². The third-order valence-corrected chi connectivity index (χ3v) is 4.10. The minimum absolute atomic E-state index is 0. The molecule has 0 saturated carbocycles. The van der Waals surface area contributed by atoms with Gasteiger partial charge in [0.1, 0.15) is 11.6 Å². The molecule has 2 aromatic rings. The quantitative estimate of drug-likeness (QED) is 0.400. The fourth-order valence-electron chi connectivity index (χ4n) is 2.03. The normalized spacial score (nSPS) is 11.0. The summed E-state index contributed by atoms with van der Waals surface area (Å²) in [7, 11) is 1.68. The Bertz CT molecular complexity index is 618. The van der Waals surface area contributed by atoms with Crippen LogP contribution < -0.4 is 10.6 Å². The van der Waals surface area contributed by atoms with Gasteiger partial charge in [-0.3, -0.25) is 4.99 Å². The molecule has 3 nitrogen and oxygen atoms in total. The summed E-state index contributed by atoms with van der Waals surface area (Å²) in [6.07, 6.45) is 1.33. The SMILES string of the molecule is CN=C(NCCc1cccs1)NCCc1cc(F)ccc1F.I. The molecule has 0 radical (unpaired) electrons. The van der Waals surface area contributed by atoms with Crippen molar-refractivity contribution in [1.29, 1.82) is 0 Å². The summed E-state index contributed by atoms with van der Waals surface area (Å²) in [5.74, 6) is -0.146. The van der Waals surface area contributed by atoms with Gasteiger partial charge in [0.05, 0.1) is 0 Å². The Balaban J connectivity index is 0.00000264. The molecule has 0 amide bonds. The molecule has 23 heavy (non-hydrogen) atoms. The zero-order valence-electron chi connectivity index (χ0n) is 12.8. The van der Waals surface area contributed by atoms with Crippen LogP contribution in [0.25, 0.3) is 0 Å². The highest BCUT2D eigenvalue weighted by Gasteiger charge is 2.04. The first-order valence-electron chi connectivity index (χ1n) is 7.10. The van der Waals surface area contributed by atoms with Gasteiger partial charge in [0, 0.05) is 25.0 Å². The van der Waals surface area contributed by atoms with Gasteiger partial charge in [0.15, 0.2) is 5.96 Å². The summed E-state index contributed by atoms with van der Waals surface area (Å²) in [4.78, 5) is 5.42. The Morgan fingerprint density at radius 2 is 1.87 bits per heavy atom. The van der Waals surface area contributed by atoms with Crippen molar-refractivity contribution in [1.82, 2.24) is 10.6 Å². The number of nitrogens with one attached hydrogen (secondary N) is 2. The van der Waals surface area contributed by atoms with Crippen LogP contribution in [0, 0.1) is 11.6 Å². The van der Waals surface area contributed by atoms with Crippen molar-refractivity contribution in [3.05, 3.63) is 57.8 Å². The number of thiophene rings is 1. The fraction of sp³-hybridized carbons (Fsp3) is 0.312. The molecule has 0 aliphatic rings. The molecule has 7 heteroatoms. The van der Waals surface area contributed by atoms with E-state index in [-0.39, 0.29) is 29.8 Å². The van der Waals surface area contributed by atoms with Crippen LogP contribution in [0.1, 0.15) is 10.4 Å². The zero-order chi connectivity index (χ0) is 15.8. The summed E-state index contributed by atoms with van der Waals surface area (Å²) < 4.78 is 26.6. The summed E-state index contributed by atoms with van der Waals surface area (Å²) in [6, 6.07) is 7.62. The van der Waals surface area contributed by atoms with Gasteiger partial charge in [-0.15, -0.1) is 35.3 Å². The lowest BCUT2D eigenvalue weighted by atomic mass is 10.1. The first kappa shape index (κ1) is 19.8. The van der Waals surface area contributed by atoms with Crippen molar-refractivity contribution in [2.75, 3.05) is 20.1 Å². The lowest BCUT2D eigenvalue weighted by Crippen LogP contribution is -2.39. The van der Waals surface area contributed by atoms with E-state index in [0.717, 1.165) is 25.1 Å². The van der Waals surface area contributed by atoms with Crippen LogP contribution in [0.3, 0.4) is 0 Å². The summed E-state index contributed by atoms with van der Waals surface area (Å²) >= 11 is 1.72. The smallest absolute Gasteiger partial charge is 0.190 e. The number of rotatable bonds is 6. The highest BCUT2D eigenvalue weighted by Crippen LogP contribution is 2.10. The molecule has 0 unspecified atom stereocenters. The van der Waals surface area contributed by atoms with E-state index in [9.17, 15) is 8.78 Å². The van der Waals surface area contributed by atoms with Crippen LogP contribution in [-0.4, -0.2) is 26.1 Å². The number of hydrogen-bond donors (Lipinski definition) is 2. The summed E-state index contributed by atoms with van der Waals surface area (Å²) in [6.45, 7) is 1.26. The molecule has 0 fully saturated rings. The van der Waals surface area contributed by atoms with Crippen molar-refractivity contribution in [3.63, 3.8) is 0 Å². The molecule has 0 atom stereocenters. The lowest BCUT2D eigenvalue weighted by Gasteiger charge is -2.11. The molecule has 0 aliphatic heterocycles. The molecule has 0 spiro atoms. The van der Waals surface area contributed by atoms with Gasteiger partial charge in [-0.1, -0.05) is 6.07 Å². The third kappa shape index (κ3) is 6.82. The van der Waals surface area contributed by atoms with E-state index >= 15 is 0 Å². The summed E-state index contributed by atoms with van der Waals surface area (Å²) in [5, 5.41) is 8.35. The Kier molecular flexibility index (Phi) is 9.08. The second-order valence-corrected chi connectivity index (χ2v) is 5.77. The highest BCUT2D eigenvalue weighted by molar-refractivity contribution is 14.0. The van der Waals surface area contributed by atoms with Gasteiger partial charge in [0.2, 0.25) is 0 Å². The molecular formula is C16H20F2IN3S. The predicted octanol–water partition coefficient (Wildman–Crippen LogP) is 3.59. The summed E-state index contributed by atoms with van der Waals surface area (Å²) in [5.41, 5.74) is 0.363. The number of halogens is 3. The molecule has 1 heterocycles. The average Bonchev–Trinajstić information content (AvgIpc) is 3.02. The largest absolute Gasteiger partial charge is 0.356 e. The van der Waals surface area contributed by atoms with Crippen LogP contribution >= 0.6 is 35.3 Å². The topological polar surface area (TPSA) is 36.4 Å². The molecule has 2 rings (SSSR count). The fourth-order valence-corrected chi connectivity index (χ4v) is 2.74. The van der Waals surface area contributed by atoms with Gasteiger partial charge in [-0.2, -0.15) is 0 Å². The van der Waals surface area contributed by atoms with Crippen LogP contribution in [-0.2, 0) is 12.8 Å². The van der Waals surface area contributed by atoms with Gasteiger partial charge in [-0.25, -0.2) is 8.78 Å². The third-order valence-electron chi connectivity index (χ3n) is 3.16. The minimum atomic E-state index is -0.421. The molecule has 1 aromatic carbocycles. The maximum absolute atomic E-state index is 13.5. The highest BCUT2D eigenvalue weighted by atomic mass is 127. The van der Waals surface area contributed by atoms with E-state index in [1.54, 1.807) is 18.4 Å². The van der Waals surface area contributed by atoms with Crippen molar-refractivity contribution < 1.29 is 8.78 Å². The van der Waals surface area contributed by atoms with E-state index in [2.05, 4.69) is 27.1 Å². The van der Waals surface area contributed by atoms with Gasteiger partial charge in [0.25, 0.3) is 0 Å². The van der Waals surface area contributed by atoms with Gasteiger partial charge >= 0.3 is 0 Å². The number of hydrogen-bond acceptors (Lipinski definition) is 2. The molecule has 0 saturated heterocycles. The monoisotopic (exact) mass is 451 g/mol. The van der Waals surface area contributed by atoms with E-state index in [4.69, 9.17) is 0 Å². The molecular weight excluding hydrogens is 431 g/mol. The van der Waals surface area contributed by atoms with Gasteiger partial charge < -0.3 is 10.6 Å². The molecule has 126 valence electrons. The predicted molar refractivity (Wildman–Crippen MR) is 103 cm³/mol. The maximum Gasteiger partial charge on any atom is 0.190 e. The van der Waals surface area contributed by atoms with Crippen LogP contribution in [0.5, 0.6) is 0 Å². The molecule has 0 aliphatic carbocycles. The van der Waals surface area contributed by atoms with Crippen LogP contribution in [0.4, 0.5) is 8.78 Å². The average molecular weight is 451 g/mol. The molecule has 2 N–H and O–H groups in total. The van der Waals surface area contributed by atoms with Gasteiger partial charge in [-0.05, 0) is 48.1 Å². The number of benzene rings is 1. The van der Waals surface area contributed by atoms with E-state index in [1.165, 1.54) is 10.9 Å². The van der Waals surface area contributed by atoms with Crippen molar-refractivity contribution in [2.24, 2.45) is 4.99 Å². The first-order chi connectivity index (χ1) is 10.7. The second kappa shape index (κ2) is 10.5. The van der Waals surface area contributed by atoms with Crippen molar-refractivity contribution >= 4 is 41.3 Å². The molecule has 1 aromatic heterocycles. The van der Waals surface area contributed by atoms with E-state index < -0.39 is 5.82 Å². The Morgan fingerprint density at radius 1 is 1.13 bits per heavy atom. The Hall–Kier alpha value is -1.22. The van der Waals surface area contributed by atoms with Crippen molar-refractivity contribution in [3.8, 4) is 0 Å². The number of guanidine groups is 1. The maximum atomic E-state index is 13.5. The van der Waals surface area contributed by atoms with Crippen LogP contribution in [0.15, 0.2) is 40.7 Å². The standard InChI is InChI=1S/C16H19F2N3S.HI/c1-19-16(21-9-7-14-3-2-10-22-14)20-8-6-12-11-13(17)4-5-15(12)18;/h2-5,10-11H,6-9H2,1H3,(H2,19,20,21);1H. The zero-order valence-corrected chi connectivity index (χ0v) is 16.0.